The molecule has 0 aromatic heterocycles. The largest absolute Gasteiger partial charge is 0.373 e. The van der Waals surface area contributed by atoms with Crippen molar-refractivity contribution in [3.63, 3.8) is 0 Å². The SMILES string of the molecule is CN1CCN([C@@H]2COC3(CCN(c4ccc(C#N)cc4)CC3)C2)CC1. The van der Waals surface area contributed by atoms with Crippen LogP contribution in [0, 0.1) is 11.3 Å². The Bertz CT molecular complexity index is 622. The van der Waals surface area contributed by atoms with Crippen LogP contribution in [0.5, 0.6) is 0 Å². The molecule has 3 aliphatic rings. The molecule has 0 amide bonds. The highest BCUT2D eigenvalue weighted by molar-refractivity contribution is 5.50. The van der Waals surface area contributed by atoms with E-state index >= 15 is 0 Å². The van der Waals surface area contributed by atoms with Gasteiger partial charge >= 0.3 is 0 Å². The van der Waals surface area contributed by atoms with E-state index in [2.05, 4.69) is 39.9 Å². The highest BCUT2D eigenvalue weighted by Gasteiger charge is 2.44. The molecule has 0 unspecified atom stereocenters. The standard InChI is InChI=1S/C20H28N4O/c1-22-10-12-24(13-11-22)19-14-20(25-16-19)6-8-23(9-7-20)18-4-2-17(15-21)3-5-18/h2-5,19H,6-14,16H2,1H3/t19-/m0/s1. The second kappa shape index (κ2) is 6.95. The molecule has 3 saturated heterocycles. The molecule has 25 heavy (non-hydrogen) atoms. The highest BCUT2D eigenvalue weighted by Crippen LogP contribution is 2.38. The maximum Gasteiger partial charge on any atom is 0.0991 e. The van der Waals surface area contributed by atoms with Crippen molar-refractivity contribution in [3.8, 4) is 6.07 Å². The molecule has 1 aromatic carbocycles. The Morgan fingerprint density at radius 3 is 2.36 bits per heavy atom. The van der Waals surface area contributed by atoms with Gasteiger partial charge in [-0.25, -0.2) is 0 Å². The van der Waals surface area contributed by atoms with Gasteiger partial charge in [0.1, 0.15) is 0 Å². The van der Waals surface area contributed by atoms with Crippen LogP contribution in [0.2, 0.25) is 0 Å². The van der Waals surface area contributed by atoms with Crippen LogP contribution in [-0.2, 0) is 4.74 Å². The molecule has 134 valence electrons. The summed E-state index contributed by atoms with van der Waals surface area (Å²) in [6.45, 7) is 7.70. The zero-order chi connectivity index (χ0) is 17.3. The van der Waals surface area contributed by atoms with Gasteiger partial charge in [-0.1, -0.05) is 0 Å². The average molecular weight is 340 g/mol. The van der Waals surface area contributed by atoms with E-state index in [-0.39, 0.29) is 5.60 Å². The lowest BCUT2D eigenvalue weighted by atomic mass is 9.86. The fourth-order valence-electron chi connectivity index (χ4n) is 4.51. The number of rotatable bonds is 2. The van der Waals surface area contributed by atoms with Crippen molar-refractivity contribution in [2.24, 2.45) is 0 Å². The first-order chi connectivity index (χ1) is 12.2. The van der Waals surface area contributed by atoms with E-state index in [0.29, 0.717) is 6.04 Å². The molecule has 4 rings (SSSR count). The molecule has 3 aliphatic heterocycles. The summed E-state index contributed by atoms with van der Waals surface area (Å²) >= 11 is 0. The van der Waals surface area contributed by atoms with Crippen LogP contribution >= 0.6 is 0 Å². The molecule has 0 saturated carbocycles. The zero-order valence-electron chi connectivity index (χ0n) is 15.2. The summed E-state index contributed by atoms with van der Waals surface area (Å²) < 4.78 is 6.37. The molecule has 0 bridgehead atoms. The molecule has 5 heteroatoms. The Balaban J connectivity index is 1.33. The number of piperidine rings is 1. The number of piperazine rings is 1. The van der Waals surface area contributed by atoms with Crippen LogP contribution in [0.15, 0.2) is 24.3 Å². The number of nitriles is 1. The molecule has 1 aromatic rings. The van der Waals surface area contributed by atoms with Crippen LogP contribution in [0.1, 0.15) is 24.8 Å². The van der Waals surface area contributed by atoms with Crippen LogP contribution in [-0.4, -0.2) is 74.4 Å². The molecule has 3 fully saturated rings. The molecule has 5 nitrogen and oxygen atoms in total. The monoisotopic (exact) mass is 340 g/mol. The number of hydrogen-bond acceptors (Lipinski definition) is 5. The fraction of sp³-hybridized carbons (Fsp3) is 0.650. The third kappa shape index (κ3) is 3.52. The lowest BCUT2D eigenvalue weighted by Crippen LogP contribution is -2.50. The van der Waals surface area contributed by atoms with E-state index in [9.17, 15) is 0 Å². The van der Waals surface area contributed by atoms with Crippen molar-refractivity contribution in [2.45, 2.75) is 30.9 Å². The lowest BCUT2D eigenvalue weighted by molar-refractivity contribution is -0.0163. The van der Waals surface area contributed by atoms with E-state index in [0.717, 1.165) is 38.1 Å². The second-order valence-electron chi connectivity index (χ2n) is 7.84. The maximum atomic E-state index is 8.94. The first-order valence-electron chi connectivity index (χ1n) is 9.49. The summed E-state index contributed by atoms with van der Waals surface area (Å²) in [7, 11) is 2.21. The number of anilines is 1. The molecule has 0 N–H and O–H groups in total. The number of nitrogens with zero attached hydrogens (tertiary/aromatic N) is 4. The molecular weight excluding hydrogens is 312 g/mol. The minimum atomic E-state index is 0.0944. The van der Waals surface area contributed by atoms with Gasteiger partial charge in [-0.05, 0) is 50.6 Å². The van der Waals surface area contributed by atoms with Gasteiger partial charge in [0.05, 0.1) is 23.8 Å². The quantitative estimate of drug-likeness (QED) is 0.823. The third-order valence-electron chi connectivity index (χ3n) is 6.28. The number of ether oxygens (including phenoxy) is 1. The van der Waals surface area contributed by atoms with Gasteiger partial charge in [-0.3, -0.25) is 4.90 Å². The van der Waals surface area contributed by atoms with Crippen molar-refractivity contribution in [2.75, 3.05) is 57.8 Å². The smallest absolute Gasteiger partial charge is 0.0991 e. The number of hydrogen-bond donors (Lipinski definition) is 0. The molecular formula is C20H28N4O. The highest BCUT2D eigenvalue weighted by atomic mass is 16.5. The fourth-order valence-corrected chi connectivity index (χ4v) is 4.51. The van der Waals surface area contributed by atoms with Crippen molar-refractivity contribution in [1.82, 2.24) is 9.80 Å². The summed E-state index contributed by atoms with van der Waals surface area (Å²) in [6.07, 6.45) is 3.41. The Kier molecular flexibility index (Phi) is 4.68. The van der Waals surface area contributed by atoms with Gasteiger partial charge in [-0.15, -0.1) is 0 Å². The van der Waals surface area contributed by atoms with Crippen LogP contribution in [0.25, 0.3) is 0 Å². The molecule has 0 radical (unpaired) electrons. The second-order valence-corrected chi connectivity index (χ2v) is 7.84. The predicted molar refractivity (Wildman–Crippen MR) is 98.8 cm³/mol. The molecule has 1 spiro atoms. The van der Waals surface area contributed by atoms with Gasteiger partial charge in [0, 0.05) is 51.0 Å². The van der Waals surface area contributed by atoms with Crippen molar-refractivity contribution >= 4 is 5.69 Å². The van der Waals surface area contributed by atoms with E-state index in [1.807, 2.05) is 12.1 Å². The Hall–Kier alpha value is -1.61. The van der Waals surface area contributed by atoms with Gasteiger partial charge in [0.25, 0.3) is 0 Å². The van der Waals surface area contributed by atoms with Gasteiger partial charge < -0.3 is 14.5 Å². The molecule has 1 atom stereocenters. The molecule has 0 aliphatic carbocycles. The van der Waals surface area contributed by atoms with Gasteiger partial charge in [0.2, 0.25) is 0 Å². The van der Waals surface area contributed by atoms with Crippen LogP contribution in [0.3, 0.4) is 0 Å². The third-order valence-corrected chi connectivity index (χ3v) is 6.28. The number of likely N-dealkylation sites (N-methyl/N-ethyl adjacent to an activating group) is 1. The summed E-state index contributed by atoms with van der Waals surface area (Å²) in [5.41, 5.74) is 2.05. The first-order valence-corrected chi connectivity index (χ1v) is 9.49. The van der Waals surface area contributed by atoms with E-state index in [1.54, 1.807) is 0 Å². The topological polar surface area (TPSA) is 42.7 Å². The van der Waals surface area contributed by atoms with Crippen molar-refractivity contribution in [1.29, 1.82) is 5.26 Å². The Morgan fingerprint density at radius 1 is 1.04 bits per heavy atom. The minimum absolute atomic E-state index is 0.0944. The Morgan fingerprint density at radius 2 is 1.72 bits per heavy atom. The van der Waals surface area contributed by atoms with E-state index < -0.39 is 0 Å². The maximum absolute atomic E-state index is 8.94. The Labute approximate surface area is 150 Å². The average Bonchev–Trinajstić information content (AvgIpc) is 3.07. The van der Waals surface area contributed by atoms with Gasteiger partial charge in [-0.2, -0.15) is 5.26 Å². The van der Waals surface area contributed by atoms with E-state index in [4.69, 9.17) is 10.00 Å². The first kappa shape index (κ1) is 16.8. The summed E-state index contributed by atoms with van der Waals surface area (Å²) in [5, 5.41) is 8.94. The predicted octanol–water partition coefficient (Wildman–Crippen LogP) is 1.93. The zero-order valence-corrected chi connectivity index (χ0v) is 15.2. The summed E-state index contributed by atoms with van der Waals surface area (Å²) in [6, 6.07) is 10.8. The molecule has 3 heterocycles. The van der Waals surface area contributed by atoms with Crippen LogP contribution in [0.4, 0.5) is 5.69 Å². The minimum Gasteiger partial charge on any atom is -0.373 e. The normalized spacial score (nSPS) is 27.5. The van der Waals surface area contributed by atoms with Gasteiger partial charge in [0.15, 0.2) is 0 Å². The summed E-state index contributed by atoms with van der Waals surface area (Å²) in [4.78, 5) is 7.48. The van der Waals surface area contributed by atoms with Crippen molar-refractivity contribution < 1.29 is 4.74 Å². The lowest BCUT2D eigenvalue weighted by Gasteiger charge is -2.40. The van der Waals surface area contributed by atoms with E-state index in [1.165, 1.54) is 38.3 Å². The van der Waals surface area contributed by atoms with Crippen LogP contribution < -0.4 is 4.90 Å². The summed E-state index contributed by atoms with van der Waals surface area (Å²) in [5.74, 6) is 0. The number of benzene rings is 1. The van der Waals surface area contributed by atoms with Crippen molar-refractivity contribution in [3.05, 3.63) is 29.8 Å².